The van der Waals surface area contributed by atoms with Crippen molar-refractivity contribution >= 4 is 43.5 Å². The second-order valence-corrected chi connectivity index (χ2v) is 9.03. The van der Waals surface area contributed by atoms with Gasteiger partial charge in [0.25, 0.3) is 0 Å². The van der Waals surface area contributed by atoms with Gasteiger partial charge >= 0.3 is 18.1 Å². The number of ether oxygens (including phenoxy) is 3. The molecule has 3 rings (SSSR count). The summed E-state index contributed by atoms with van der Waals surface area (Å²) in [5, 5.41) is 3.03. The minimum absolute atomic E-state index is 0.0570. The lowest BCUT2D eigenvalue weighted by atomic mass is 10.0. The summed E-state index contributed by atoms with van der Waals surface area (Å²) in [5.74, 6) is -1.71. The summed E-state index contributed by atoms with van der Waals surface area (Å²) in [4.78, 5) is 16.7. The number of carbonyl (C=O) groups is 1. The molecule has 0 aliphatic carbocycles. The van der Waals surface area contributed by atoms with Crippen LogP contribution < -0.4 is 5.32 Å². The predicted octanol–water partition coefficient (Wildman–Crippen LogP) is 6.37. The van der Waals surface area contributed by atoms with Crippen molar-refractivity contribution in [3.8, 4) is 11.1 Å². The van der Waals surface area contributed by atoms with Crippen molar-refractivity contribution in [1.82, 2.24) is 4.98 Å². The van der Waals surface area contributed by atoms with E-state index in [9.17, 15) is 9.36 Å². The molecule has 2 aromatic carbocycles. The van der Waals surface area contributed by atoms with Crippen LogP contribution in [0.1, 0.15) is 40.2 Å². The molecule has 0 saturated heterocycles. The fourth-order valence-corrected chi connectivity index (χ4v) is 3.90. The lowest BCUT2D eigenvalue weighted by Gasteiger charge is -2.31. The molecule has 0 spiro atoms. The average Bonchev–Trinajstić information content (AvgIpc) is 3.14. The van der Waals surface area contributed by atoms with Gasteiger partial charge in [0.2, 0.25) is 0 Å². The number of oxazole rings is 1. The summed E-state index contributed by atoms with van der Waals surface area (Å²) in [6, 6.07) is 10.5. The average molecular weight is 511 g/mol. The van der Waals surface area contributed by atoms with Gasteiger partial charge in [0.05, 0.1) is 13.2 Å². The van der Waals surface area contributed by atoms with Gasteiger partial charge in [-0.1, -0.05) is 23.7 Å². The molecule has 0 saturated carbocycles. The van der Waals surface area contributed by atoms with Crippen molar-refractivity contribution in [2.75, 3.05) is 18.5 Å². The van der Waals surface area contributed by atoms with E-state index in [1.807, 2.05) is 6.07 Å². The summed E-state index contributed by atoms with van der Waals surface area (Å²) < 4.78 is 39.7. The molecule has 1 atom stereocenters. The quantitative estimate of drug-likeness (QED) is 0.261. The van der Waals surface area contributed by atoms with Gasteiger partial charge in [-0.15, -0.1) is 0 Å². The number of hydrogen-bond donors (Lipinski definition) is 1. The maximum Gasteiger partial charge on any atom is 0.415 e. The number of hydrogen-bond acceptors (Lipinski definition) is 8. The molecule has 1 heterocycles. The highest BCUT2D eigenvalue weighted by Gasteiger charge is 2.37. The molecule has 9 nitrogen and oxygen atoms in total. The first-order valence-corrected chi connectivity index (χ1v) is 12.0. The Morgan fingerprint density at radius 2 is 1.85 bits per heavy atom. The molecule has 184 valence electrons. The molecule has 34 heavy (non-hydrogen) atoms. The van der Waals surface area contributed by atoms with Gasteiger partial charge < -0.3 is 18.6 Å². The van der Waals surface area contributed by atoms with Crippen LogP contribution >= 0.6 is 20.3 Å². The number of fused-ring (bicyclic) bond motifs is 1. The molecule has 3 aromatic rings. The van der Waals surface area contributed by atoms with Crippen molar-refractivity contribution in [2.45, 2.75) is 46.2 Å². The third kappa shape index (κ3) is 6.17. The first kappa shape index (κ1) is 26.2. The van der Waals surface area contributed by atoms with Crippen LogP contribution in [-0.2, 0) is 29.3 Å². The molecule has 0 aliphatic heterocycles. The van der Waals surface area contributed by atoms with Crippen LogP contribution in [0.4, 0.5) is 10.8 Å². The van der Waals surface area contributed by atoms with E-state index in [1.165, 1.54) is 0 Å². The van der Waals surface area contributed by atoms with E-state index < -0.39 is 26.4 Å². The highest BCUT2D eigenvalue weighted by Crippen LogP contribution is 2.40. The topological polar surface area (TPSA) is 109 Å². The van der Waals surface area contributed by atoms with Crippen molar-refractivity contribution in [3.63, 3.8) is 0 Å². The number of halogens is 1. The Morgan fingerprint density at radius 3 is 2.44 bits per heavy atom. The van der Waals surface area contributed by atoms with Crippen molar-refractivity contribution in [2.24, 2.45) is 0 Å². The number of carbonyl (C=O) groups excluding carboxylic acids is 1. The Morgan fingerprint density at radius 1 is 1.15 bits per heavy atom. The third-order valence-electron chi connectivity index (χ3n) is 4.46. The maximum atomic E-state index is 12.2. The van der Waals surface area contributed by atoms with Gasteiger partial charge in [-0.3, -0.25) is 9.09 Å². The molecule has 1 amide bonds. The largest absolute Gasteiger partial charge is 0.443 e. The summed E-state index contributed by atoms with van der Waals surface area (Å²) >= 11 is 6.23. The molecular formula is C23H28ClN2O7P. The van der Waals surface area contributed by atoms with Gasteiger partial charge in [-0.2, -0.15) is 4.98 Å². The molecule has 11 heteroatoms. The number of nitrogens with one attached hydrogen (secondary N) is 1. The molecule has 1 aromatic heterocycles. The number of anilines is 1. The number of aromatic nitrogens is 1. The zero-order valence-corrected chi connectivity index (χ0v) is 21.5. The minimum atomic E-state index is -1.71. The van der Waals surface area contributed by atoms with E-state index in [2.05, 4.69) is 10.3 Å². The highest BCUT2D eigenvalue weighted by atomic mass is 35.5. The van der Waals surface area contributed by atoms with E-state index in [4.69, 9.17) is 34.8 Å². The van der Waals surface area contributed by atoms with Crippen LogP contribution in [0.5, 0.6) is 0 Å². The smallest absolute Gasteiger partial charge is 0.415 e. The normalized spacial score (nSPS) is 12.5. The van der Waals surface area contributed by atoms with Crippen molar-refractivity contribution < 1.29 is 32.5 Å². The zero-order valence-electron chi connectivity index (χ0n) is 19.6. The fourth-order valence-electron chi connectivity index (χ4n) is 3.31. The number of nitrogens with zero attached hydrogens (tertiary/aromatic N) is 1. The molecule has 0 bridgehead atoms. The Bertz CT molecular complexity index is 1170. The molecule has 0 fully saturated rings. The van der Waals surface area contributed by atoms with Crippen LogP contribution in [-0.4, -0.2) is 29.9 Å². The number of benzene rings is 2. The van der Waals surface area contributed by atoms with E-state index in [-0.39, 0.29) is 19.2 Å². The van der Waals surface area contributed by atoms with Gasteiger partial charge in [-0.25, -0.2) is 10.1 Å². The molecular weight excluding hydrogens is 483 g/mol. The number of rotatable bonds is 9. The van der Waals surface area contributed by atoms with Gasteiger partial charge in [0, 0.05) is 16.1 Å². The summed E-state index contributed by atoms with van der Waals surface area (Å²) in [5.41, 5.74) is 1.82. The van der Waals surface area contributed by atoms with Crippen molar-refractivity contribution in [1.29, 1.82) is 0 Å². The van der Waals surface area contributed by atoms with Crippen LogP contribution in [0, 0.1) is 0 Å². The molecule has 0 radical (unpaired) electrons. The van der Waals surface area contributed by atoms with E-state index in [1.54, 1.807) is 65.0 Å². The molecule has 1 N–H and O–H groups in total. The van der Waals surface area contributed by atoms with Crippen LogP contribution in [0.25, 0.3) is 22.2 Å². The van der Waals surface area contributed by atoms with E-state index >= 15 is 0 Å². The molecule has 0 aliphatic rings. The predicted molar refractivity (Wildman–Crippen MR) is 131 cm³/mol. The SMILES string of the molecule is CCOC(OCC)(O[PH2]=O)c1cc(-c2cccc(Cl)c2)c2nc(NC(=O)OC(C)(C)C)oc2c1. The zero-order chi connectivity index (χ0) is 24.9. The van der Waals surface area contributed by atoms with Gasteiger partial charge in [0.1, 0.15) is 11.1 Å². The van der Waals surface area contributed by atoms with Gasteiger partial charge in [-0.05, 0) is 64.4 Å². The third-order valence-corrected chi connectivity index (χ3v) is 5.11. The summed E-state index contributed by atoms with van der Waals surface area (Å²) in [6.07, 6.45) is -0.708. The maximum absolute atomic E-state index is 12.2. The minimum Gasteiger partial charge on any atom is -0.443 e. The highest BCUT2D eigenvalue weighted by molar-refractivity contribution is 7.17. The lowest BCUT2D eigenvalue weighted by Crippen LogP contribution is -2.34. The molecule has 1 unspecified atom stereocenters. The van der Waals surface area contributed by atoms with Crippen LogP contribution in [0.15, 0.2) is 40.8 Å². The lowest BCUT2D eigenvalue weighted by molar-refractivity contribution is -0.350. The number of amides is 1. The standard InChI is InChI=1S/C23H28ClN2O7P/c1-6-29-23(30-7-2,33-34-28)15-12-17(14-9-8-10-16(24)11-14)19-18(13-15)31-20(25-19)26-21(27)32-22(3,4)5/h8-13H,6-7,34H2,1-5H3,(H,25,26,27). The Kier molecular flexibility index (Phi) is 8.38. The van der Waals surface area contributed by atoms with Crippen LogP contribution in [0.2, 0.25) is 5.02 Å². The Balaban J connectivity index is 2.19. The van der Waals surface area contributed by atoms with E-state index in [0.29, 0.717) is 27.2 Å². The summed E-state index contributed by atoms with van der Waals surface area (Å²) in [6.45, 7) is 9.25. The van der Waals surface area contributed by atoms with E-state index in [0.717, 1.165) is 5.56 Å². The Labute approximate surface area is 204 Å². The second kappa shape index (κ2) is 10.9. The first-order valence-electron chi connectivity index (χ1n) is 10.7. The fraction of sp³-hybridized carbons (Fsp3) is 0.391. The van der Waals surface area contributed by atoms with Crippen LogP contribution in [0.3, 0.4) is 0 Å². The monoisotopic (exact) mass is 510 g/mol. The second-order valence-electron chi connectivity index (χ2n) is 8.16. The first-order chi connectivity index (χ1) is 16.1. The van der Waals surface area contributed by atoms with Crippen molar-refractivity contribution in [3.05, 3.63) is 47.0 Å². The Hall–Kier alpha value is -2.42. The van der Waals surface area contributed by atoms with Gasteiger partial charge in [0.15, 0.2) is 14.3 Å². The summed E-state index contributed by atoms with van der Waals surface area (Å²) in [7, 11) is -1.66.